The molecule has 3 aromatic heterocycles. The van der Waals surface area contributed by atoms with Crippen LogP contribution in [0, 0.1) is 6.92 Å². The zero-order chi connectivity index (χ0) is 28.9. The van der Waals surface area contributed by atoms with E-state index in [1.54, 1.807) is 36.7 Å². The van der Waals surface area contributed by atoms with Crippen LogP contribution in [0.3, 0.4) is 0 Å². The topological polar surface area (TPSA) is 144 Å². The van der Waals surface area contributed by atoms with Crippen molar-refractivity contribution in [2.75, 3.05) is 28.4 Å². The van der Waals surface area contributed by atoms with Crippen molar-refractivity contribution in [3.8, 4) is 5.95 Å². The molecular formula is C26H22F3N9O2S. The minimum atomic E-state index is -4.61. The van der Waals surface area contributed by atoms with Crippen LogP contribution in [0.1, 0.15) is 27.9 Å². The zero-order valence-corrected chi connectivity index (χ0v) is 22.3. The van der Waals surface area contributed by atoms with Gasteiger partial charge in [0.2, 0.25) is 10.0 Å². The molecule has 0 aliphatic carbocycles. The number of sulfonamides is 1. The van der Waals surface area contributed by atoms with E-state index < -0.39 is 27.5 Å². The summed E-state index contributed by atoms with van der Waals surface area (Å²) in [5.41, 5.74) is 8.09. The highest BCUT2D eigenvalue weighted by molar-refractivity contribution is 7.91. The standard InChI is InChI=1S/C26H22F3N9O2S/c1-15-2-3-18(36-41(39,40)14-19-11-17(4-6-31-19)26(27,28)29)12-20(15)21-10-16-13-33-25(38-22(30)5-7-34-38)35-23(16)37-9-8-32-24(21)37/h2-7,10-13,36H,8-9,14,30H2,1H3. The number of nitrogen functional groups attached to an aromatic ring is 1. The molecule has 15 heteroatoms. The second-order valence-corrected chi connectivity index (χ2v) is 11.2. The number of aromatic nitrogens is 5. The Hall–Kier alpha value is -4.79. The summed E-state index contributed by atoms with van der Waals surface area (Å²) < 4.78 is 68.9. The largest absolute Gasteiger partial charge is 0.416 e. The number of nitrogens with zero attached hydrogens (tertiary/aromatic N) is 7. The average molecular weight is 582 g/mol. The molecule has 3 N–H and O–H groups in total. The Morgan fingerprint density at radius 3 is 2.68 bits per heavy atom. The molecule has 6 rings (SSSR count). The van der Waals surface area contributed by atoms with Gasteiger partial charge in [0.05, 0.1) is 24.0 Å². The van der Waals surface area contributed by atoms with Gasteiger partial charge in [-0.1, -0.05) is 6.07 Å². The Bertz CT molecular complexity index is 1850. The molecule has 4 aromatic rings. The Kier molecular flexibility index (Phi) is 6.25. The van der Waals surface area contributed by atoms with E-state index in [-0.39, 0.29) is 11.4 Å². The molecule has 0 saturated carbocycles. The van der Waals surface area contributed by atoms with Crippen molar-refractivity contribution in [1.82, 2.24) is 24.7 Å². The monoisotopic (exact) mass is 581 g/mol. The first-order valence-corrected chi connectivity index (χ1v) is 14.0. The molecule has 41 heavy (non-hydrogen) atoms. The molecule has 1 aromatic carbocycles. The minimum absolute atomic E-state index is 0.224. The number of benzene rings is 1. The quantitative estimate of drug-likeness (QED) is 0.351. The maximum absolute atomic E-state index is 13.1. The molecule has 0 unspecified atom stereocenters. The number of hydrogen-bond donors (Lipinski definition) is 2. The molecule has 0 amide bonds. The molecular weight excluding hydrogens is 559 g/mol. The number of anilines is 3. The van der Waals surface area contributed by atoms with E-state index in [9.17, 15) is 21.6 Å². The molecule has 0 fully saturated rings. The SMILES string of the molecule is Cc1ccc(NS(=O)(=O)Cc2cc(C(F)(F)F)ccn2)cc1C1=Cc2cnc(-n3nccc3N)nc2N2CCN=C12. The first-order chi connectivity index (χ1) is 19.5. The smallest absolute Gasteiger partial charge is 0.383 e. The lowest BCUT2D eigenvalue weighted by Gasteiger charge is -2.28. The summed E-state index contributed by atoms with van der Waals surface area (Å²) in [7, 11) is -4.08. The molecule has 210 valence electrons. The summed E-state index contributed by atoms with van der Waals surface area (Å²) in [6.45, 7) is 3.00. The van der Waals surface area contributed by atoms with Crippen LogP contribution in [0.4, 0.5) is 30.5 Å². The normalized spacial score (nSPS) is 14.8. The Balaban J connectivity index is 1.32. The van der Waals surface area contributed by atoms with E-state index in [4.69, 9.17) is 5.73 Å². The van der Waals surface area contributed by atoms with Gasteiger partial charge in [-0.05, 0) is 48.4 Å². The second kappa shape index (κ2) is 9.69. The fraction of sp³-hybridized carbons (Fsp3) is 0.192. The lowest BCUT2D eigenvalue weighted by Crippen LogP contribution is -2.33. The van der Waals surface area contributed by atoms with Gasteiger partial charge >= 0.3 is 6.18 Å². The molecule has 11 nitrogen and oxygen atoms in total. The number of hydrogen-bond acceptors (Lipinski definition) is 9. The van der Waals surface area contributed by atoms with Crippen LogP contribution in [0.25, 0.3) is 17.6 Å². The van der Waals surface area contributed by atoms with Gasteiger partial charge < -0.3 is 10.6 Å². The third kappa shape index (κ3) is 5.11. The van der Waals surface area contributed by atoms with Gasteiger partial charge in [0.1, 0.15) is 23.2 Å². The van der Waals surface area contributed by atoms with Crippen LogP contribution in [0.5, 0.6) is 0 Å². The number of halogens is 3. The summed E-state index contributed by atoms with van der Waals surface area (Å²) in [6, 6.07) is 8.17. The van der Waals surface area contributed by atoms with Crippen molar-refractivity contribution in [3.05, 3.63) is 82.9 Å². The lowest BCUT2D eigenvalue weighted by molar-refractivity contribution is -0.137. The van der Waals surface area contributed by atoms with Crippen LogP contribution in [-0.2, 0) is 22.0 Å². The van der Waals surface area contributed by atoms with E-state index in [1.807, 2.05) is 17.9 Å². The highest BCUT2D eigenvalue weighted by Crippen LogP contribution is 2.37. The van der Waals surface area contributed by atoms with Gasteiger partial charge in [-0.15, -0.1) is 0 Å². The third-order valence-electron chi connectivity index (χ3n) is 6.56. The fourth-order valence-electron chi connectivity index (χ4n) is 4.70. The predicted octanol–water partition coefficient (Wildman–Crippen LogP) is 3.68. The Morgan fingerprint density at radius 2 is 1.93 bits per heavy atom. The molecule has 2 aliphatic rings. The first kappa shape index (κ1) is 26.4. The van der Waals surface area contributed by atoms with Crippen molar-refractivity contribution in [3.63, 3.8) is 0 Å². The number of rotatable bonds is 6. The van der Waals surface area contributed by atoms with Crippen LogP contribution < -0.4 is 15.4 Å². The highest BCUT2D eigenvalue weighted by atomic mass is 32.2. The second-order valence-electron chi connectivity index (χ2n) is 9.46. The number of aryl methyl sites for hydroxylation is 1. The summed E-state index contributed by atoms with van der Waals surface area (Å²) >= 11 is 0. The van der Waals surface area contributed by atoms with Gasteiger partial charge in [-0.25, -0.2) is 13.4 Å². The summed E-state index contributed by atoms with van der Waals surface area (Å²) in [6.07, 6.45) is 1.44. The average Bonchev–Trinajstić information content (AvgIpc) is 3.58. The maximum Gasteiger partial charge on any atom is 0.416 e. The van der Waals surface area contributed by atoms with E-state index in [0.717, 1.165) is 40.6 Å². The summed E-state index contributed by atoms with van der Waals surface area (Å²) in [4.78, 5) is 19.5. The number of fused-ring (bicyclic) bond motifs is 3. The molecule has 0 radical (unpaired) electrons. The Morgan fingerprint density at radius 1 is 1.10 bits per heavy atom. The number of aliphatic imine (C=N–C) groups is 1. The van der Waals surface area contributed by atoms with Crippen molar-refractivity contribution < 1.29 is 21.6 Å². The van der Waals surface area contributed by atoms with E-state index >= 15 is 0 Å². The van der Waals surface area contributed by atoms with Gasteiger partial charge in [0.15, 0.2) is 0 Å². The molecule has 5 heterocycles. The van der Waals surface area contributed by atoms with Crippen molar-refractivity contribution in [1.29, 1.82) is 0 Å². The van der Waals surface area contributed by atoms with E-state index in [1.165, 1.54) is 4.68 Å². The van der Waals surface area contributed by atoms with Crippen LogP contribution >= 0.6 is 0 Å². The van der Waals surface area contributed by atoms with Crippen LogP contribution in [0.15, 0.2) is 60.0 Å². The maximum atomic E-state index is 13.1. The van der Waals surface area contributed by atoms with E-state index in [2.05, 4.69) is 29.8 Å². The van der Waals surface area contributed by atoms with Gasteiger partial charge in [0.25, 0.3) is 5.95 Å². The summed E-state index contributed by atoms with van der Waals surface area (Å²) in [5, 5.41) is 4.17. The van der Waals surface area contributed by atoms with Crippen molar-refractivity contribution in [2.24, 2.45) is 4.99 Å². The van der Waals surface area contributed by atoms with Gasteiger partial charge in [-0.3, -0.25) is 14.7 Å². The van der Waals surface area contributed by atoms with Crippen molar-refractivity contribution in [2.45, 2.75) is 18.9 Å². The fourth-order valence-corrected chi connectivity index (χ4v) is 5.80. The number of pyridine rings is 1. The number of nitrogens with two attached hydrogens (primary N) is 1. The Labute approximate surface area is 232 Å². The van der Waals surface area contributed by atoms with Crippen molar-refractivity contribution >= 4 is 44.8 Å². The highest BCUT2D eigenvalue weighted by Gasteiger charge is 2.32. The van der Waals surface area contributed by atoms with Crippen LogP contribution in [-0.4, -0.2) is 52.1 Å². The zero-order valence-electron chi connectivity index (χ0n) is 21.5. The molecule has 0 spiro atoms. The molecule has 2 aliphatic heterocycles. The molecule has 0 bridgehead atoms. The van der Waals surface area contributed by atoms with Gasteiger partial charge in [-0.2, -0.15) is 27.9 Å². The molecule has 0 saturated heterocycles. The van der Waals surface area contributed by atoms with Gasteiger partial charge in [0, 0.05) is 41.8 Å². The number of nitrogens with one attached hydrogen (secondary N) is 1. The molecule has 0 atom stereocenters. The number of alkyl halides is 3. The predicted molar refractivity (Wildman–Crippen MR) is 148 cm³/mol. The first-order valence-electron chi connectivity index (χ1n) is 12.3. The number of amidine groups is 1. The summed E-state index contributed by atoms with van der Waals surface area (Å²) in [5.74, 6) is 1.31. The lowest BCUT2D eigenvalue weighted by atomic mass is 9.94. The van der Waals surface area contributed by atoms with E-state index in [0.29, 0.717) is 36.5 Å². The van der Waals surface area contributed by atoms with Crippen LogP contribution in [0.2, 0.25) is 0 Å². The third-order valence-corrected chi connectivity index (χ3v) is 7.79. The minimum Gasteiger partial charge on any atom is -0.383 e.